The van der Waals surface area contributed by atoms with Gasteiger partial charge in [0.1, 0.15) is 6.04 Å². The summed E-state index contributed by atoms with van der Waals surface area (Å²) in [7, 11) is 1.67. The summed E-state index contributed by atoms with van der Waals surface area (Å²) in [4.78, 5) is 24.3. The highest BCUT2D eigenvalue weighted by Gasteiger charge is 2.26. The fraction of sp³-hybridized carbons (Fsp3) is 0.833. The molecule has 2 amide bonds. The molecule has 0 aromatic carbocycles. The molecule has 0 aromatic rings. The summed E-state index contributed by atoms with van der Waals surface area (Å²) in [5.74, 6) is -1.14. The number of carboxylic acids is 1. The molecule has 0 aliphatic rings. The Morgan fingerprint density at radius 3 is 2.06 bits per heavy atom. The molecule has 5 nitrogen and oxygen atoms in total. The Morgan fingerprint density at radius 2 is 1.76 bits per heavy atom. The van der Waals surface area contributed by atoms with Crippen LogP contribution in [0.3, 0.4) is 0 Å². The highest BCUT2D eigenvalue weighted by atomic mass is 16.4. The average molecular weight is 244 g/mol. The second-order valence-electron chi connectivity index (χ2n) is 5.93. The van der Waals surface area contributed by atoms with E-state index in [0.29, 0.717) is 6.54 Å². The summed E-state index contributed by atoms with van der Waals surface area (Å²) in [5, 5.41) is 11.5. The van der Waals surface area contributed by atoms with Crippen molar-refractivity contribution < 1.29 is 14.7 Å². The van der Waals surface area contributed by atoms with E-state index in [2.05, 4.69) is 5.32 Å². The van der Waals surface area contributed by atoms with E-state index in [-0.39, 0.29) is 17.4 Å². The summed E-state index contributed by atoms with van der Waals surface area (Å²) in [6.07, 6.45) is 0. The van der Waals surface area contributed by atoms with Crippen LogP contribution >= 0.6 is 0 Å². The van der Waals surface area contributed by atoms with Gasteiger partial charge in [0.25, 0.3) is 0 Å². The lowest BCUT2D eigenvalue weighted by Gasteiger charge is -2.28. The van der Waals surface area contributed by atoms with Gasteiger partial charge in [-0.15, -0.1) is 0 Å². The minimum absolute atomic E-state index is 0.0113. The number of hydrogen-bond acceptors (Lipinski definition) is 2. The van der Waals surface area contributed by atoms with Gasteiger partial charge in [-0.3, -0.25) is 0 Å². The Labute approximate surface area is 103 Å². The highest BCUT2D eigenvalue weighted by Crippen LogP contribution is 2.14. The van der Waals surface area contributed by atoms with Crippen molar-refractivity contribution in [2.75, 3.05) is 13.6 Å². The van der Waals surface area contributed by atoms with Crippen molar-refractivity contribution >= 4 is 12.0 Å². The molecule has 2 N–H and O–H groups in total. The van der Waals surface area contributed by atoms with Crippen LogP contribution in [0.4, 0.5) is 4.79 Å². The standard InChI is InChI=1S/C12H24N2O3/c1-8(2)9(10(15)16)13-11(17)14(6)7-12(3,4)5/h8-9H,7H2,1-6H3,(H,13,17)(H,15,16)/t9-/m1/s1. The molecule has 0 rings (SSSR count). The Hall–Kier alpha value is -1.26. The van der Waals surface area contributed by atoms with Crippen molar-refractivity contribution in [3.8, 4) is 0 Å². The lowest BCUT2D eigenvalue weighted by molar-refractivity contribution is -0.140. The number of aliphatic carboxylic acids is 1. The number of nitrogens with zero attached hydrogens (tertiary/aromatic N) is 1. The van der Waals surface area contributed by atoms with E-state index in [1.54, 1.807) is 20.9 Å². The third kappa shape index (κ3) is 6.14. The van der Waals surface area contributed by atoms with E-state index in [1.165, 1.54) is 4.90 Å². The normalized spacial score (nSPS) is 13.4. The molecular weight excluding hydrogens is 220 g/mol. The lowest BCUT2D eigenvalue weighted by Crippen LogP contribution is -2.50. The molecule has 100 valence electrons. The zero-order valence-corrected chi connectivity index (χ0v) is 11.6. The third-order valence-electron chi connectivity index (χ3n) is 2.27. The zero-order valence-electron chi connectivity index (χ0n) is 11.6. The van der Waals surface area contributed by atoms with E-state index >= 15 is 0 Å². The topological polar surface area (TPSA) is 69.6 Å². The first-order valence-corrected chi connectivity index (χ1v) is 5.79. The molecule has 0 aliphatic heterocycles. The van der Waals surface area contributed by atoms with Gasteiger partial charge in [-0.05, 0) is 11.3 Å². The molecule has 0 unspecified atom stereocenters. The molecule has 1 atom stereocenters. The molecule has 0 aromatic heterocycles. The Kier molecular flexibility index (Phi) is 5.45. The Morgan fingerprint density at radius 1 is 1.29 bits per heavy atom. The summed E-state index contributed by atoms with van der Waals surface area (Å²) >= 11 is 0. The number of urea groups is 1. The van der Waals surface area contributed by atoms with Gasteiger partial charge < -0.3 is 15.3 Å². The van der Waals surface area contributed by atoms with E-state index in [1.807, 2.05) is 20.8 Å². The van der Waals surface area contributed by atoms with Crippen molar-refractivity contribution in [2.45, 2.75) is 40.7 Å². The molecule has 0 aliphatic carbocycles. The fourth-order valence-corrected chi connectivity index (χ4v) is 1.54. The SMILES string of the molecule is CC(C)[C@@H](NC(=O)N(C)CC(C)(C)C)C(=O)O. The maximum absolute atomic E-state index is 11.8. The molecule has 0 radical (unpaired) electrons. The first-order chi connectivity index (χ1) is 7.54. The molecule has 0 bridgehead atoms. The van der Waals surface area contributed by atoms with Gasteiger partial charge in [-0.2, -0.15) is 0 Å². The van der Waals surface area contributed by atoms with Crippen molar-refractivity contribution in [1.82, 2.24) is 10.2 Å². The van der Waals surface area contributed by atoms with Crippen LogP contribution in [0.15, 0.2) is 0 Å². The van der Waals surface area contributed by atoms with Crippen LogP contribution < -0.4 is 5.32 Å². The van der Waals surface area contributed by atoms with E-state index < -0.39 is 12.0 Å². The largest absolute Gasteiger partial charge is 0.480 e. The lowest BCUT2D eigenvalue weighted by atomic mass is 9.96. The van der Waals surface area contributed by atoms with Crippen LogP contribution in [0.25, 0.3) is 0 Å². The van der Waals surface area contributed by atoms with Crippen molar-refractivity contribution in [3.05, 3.63) is 0 Å². The van der Waals surface area contributed by atoms with Gasteiger partial charge in [-0.25, -0.2) is 9.59 Å². The molecular formula is C12H24N2O3. The van der Waals surface area contributed by atoms with Gasteiger partial charge in [0, 0.05) is 13.6 Å². The molecule has 0 heterocycles. The van der Waals surface area contributed by atoms with Crippen LogP contribution in [0.5, 0.6) is 0 Å². The second-order valence-corrected chi connectivity index (χ2v) is 5.93. The van der Waals surface area contributed by atoms with Crippen LogP contribution in [0.2, 0.25) is 0 Å². The van der Waals surface area contributed by atoms with Gasteiger partial charge in [0.15, 0.2) is 0 Å². The number of carbonyl (C=O) groups excluding carboxylic acids is 1. The average Bonchev–Trinajstić information content (AvgIpc) is 2.09. The Balaban J connectivity index is 4.47. The Bertz CT molecular complexity index is 282. The molecule has 0 fully saturated rings. The number of rotatable bonds is 4. The van der Waals surface area contributed by atoms with Gasteiger partial charge in [0.2, 0.25) is 0 Å². The maximum Gasteiger partial charge on any atom is 0.326 e. The predicted molar refractivity (Wildman–Crippen MR) is 66.9 cm³/mol. The van der Waals surface area contributed by atoms with Gasteiger partial charge in [0.05, 0.1) is 0 Å². The number of hydrogen-bond donors (Lipinski definition) is 2. The number of nitrogens with one attached hydrogen (secondary N) is 1. The monoisotopic (exact) mass is 244 g/mol. The summed E-state index contributed by atoms with van der Waals surface area (Å²) in [6.45, 7) is 10.2. The van der Waals surface area contributed by atoms with Crippen molar-refractivity contribution in [3.63, 3.8) is 0 Å². The van der Waals surface area contributed by atoms with Gasteiger partial charge >= 0.3 is 12.0 Å². The van der Waals surface area contributed by atoms with Crippen LogP contribution in [-0.4, -0.2) is 41.6 Å². The summed E-state index contributed by atoms with van der Waals surface area (Å²) in [5.41, 5.74) is -0.0113. The molecule has 0 spiro atoms. The predicted octanol–water partition coefficient (Wildman–Crippen LogP) is 1.78. The van der Waals surface area contributed by atoms with Crippen LogP contribution in [0, 0.1) is 11.3 Å². The number of carbonyl (C=O) groups is 2. The summed E-state index contributed by atoms with van der Waals surface area (Å²) in [6, 6.07) is -1.19. The van der Waals surface area contributed by atoms with Gasteiger partial charge in [-0.1, -0.05) is 34.6 Å². The van der Waals surface area contributed by atoms with Crippen molar-refractivity contribution in [1.29, 1.82) is 0 Å². The maximum atomic E-state index is 11.8. The van der Waals surface area contributed by atoms with E-state index in [9.17, 15) is 9.59 Å². The van der Waals surface area contributed by atoms with Crippen LogP contribution in [-0.2, 0) is 4.79 Å². The van der Waals surface area contributed by atoms with E-state index in [4.69, 9.17) is 5.11 Å². The summed E-state index contributed by atoms with van der Waals surface area (Å²) < 4.78 is 0. The minimum atomic E-state index is -1.00. The highest BCUT2D eigenvalue weighted by molar-refractivity contribution is 5.82. The first kappa shape index (κ1) is 15.7. The minimum Gasteiger partial charge on any atom is -0.480 e. The molecule has 0 saturated heterocycles. The first-order valence-electron chi connectivity index (χ1n) is 5.79. The second kappa shape index (κ2) is 5.89. The number of amides is 2. The third-order valence-corrected chi connectivity index (χ3v) is 2.27. The molecule has 5 heteroatoms. The smallest absolute Gasteiger partial charge is 0.326 e. The zero-order chi connectivity index (χ0) is 13.8. The fourth-order valence-electron chi connectivity index (χ4n) is 1.54. The number of carboxylic acid groups (broad SMARTS) is 1. The molecule has 17 heavy (non-hydrogen) atoms. The van der Waals surface area contributed by atoms with Crippen LogP contribution in [0.1, 0.15) is 34.6 Å². The molecule has 0 saturated carbocycles. The quantitative estimate of drug-likeness (QED) is 0.792. The van der Waals surface area contributed by atoms with Crippen molar-refractivity contribution in [2.24, 2.45) is 11.3 Å². The van der Waals surface area contributed by atoms with E-state index in [0.717, 1.165) is 0 Å².